The highest BCUT2D eigenvalue weighted by Gasteiger charge is 2.23. The Morgan fingerprint density at radius 1 is 0.913 bits per heavy atom. The molecule has 5 heteroatoms. The molecular formula is C18H17N3O2. The second kappa shape index (κ2) is 5.43. The molecule has 4 rings (SSSR count). The van der Waals surface area contributed by atoms with Crippen LogP contribution in [-0.2, 0) is 0 Å². The van der Waals surface area contributed by atoms with Crippen LogP contribution in [0.2, 0.25) is 0 Å². The maximum absolute atomic E-state index is 12.5. The number of benzene rings is 2. The summed E-state index contributed by atoms with van der Waals surface area (Å²) < 4.78 is 0. The standard InChI is InChI=1S/C18H17N3O2/c22-17-13-5-1-2-6-14(13)19-15-8-7-12(11-16(15)20-17)18(23)21-9-3-4-10-21/h1-2,5-8,11,19H,3-4,9-10H2,(H,20,22). The molecule has 2 aromatic rings. The summed E-state index contributed by atoms with van der Waals surface area (Å²) in [5.74, 6) is -0.140. The van der Waals surface area contributed by atoms with Crippen LogP contribution in [0.1, 0.15) is 33.6 Å². The van der Waals surface area contributed by atoms with Gasteiger partial charge in [0.15, 0.2) is 0 Å². The number of likely N-dealkylation sites (tertiary alicyclic amines) is 1. The quantitative estimate of drug-likeness (QED) is 0.850. The number of rotatable bonds is 1. The predicted molar refractivity (Wildman–Crippen MR) is 89.3 cm³/mol. The number of para-hydroxylation sites is 1. The first-order chi connectivity index (χ1) is 11.2. The number of hydrogen-bond donors (Lipinski definition) is 2. The van der Waals surface area contributed by atoms with E-state index in [9.17, 15) is 9.59 Å². The van der Waals surface area contributed by atoms with E-state index in [0.29, 0.717) is 16.8 Å². The van der Waals surface area contributed by atoms with E-state index in [1.54, 1.807) is 12.1 Å². The van der Waals surface area contributed by atoms with Gasteiger partial charge in [0, 0.05) is 18.7 Å². The summed E-state index contributed by atoms with van der Waals surface area (Å²) in [7, 11) is 0. The van der Waals surface area contributed by atoms with E-state index in [-0.39, 0.29) is 11.8 Å². The zero-order chi connectivity index (χ0) is 15.8. The Morgan fingerprint density at radius 2 is 1.70 bits per heavy atom. The minimum Gasteiger partial charge on any atom is -0.353 e. The number of fused-ring (bicyclic) bond motifs is 2. The summed E-state index contributed by atoms with van der Waals surface area (Å²) in [6, 6.07) is 12.8. The molecule has 2 N–H and O–H groups in total. The summed E-state index contributed by atoms with van der Waals surface area (Å²) >= 11 is 0. The molecule has 2 aliphatic rings. The molecule has 2 aliphatic heterocycles. The second-order valence-corrected chi connectivity index (χ2v) is 5.88. The molecule has 116 valence electrons. The van der Waals surface area contributed by atoms with Gasteiger partial charge in [0.2, 0.25) is 0 Å². The van der Waals surface area contributed by atoms with E-state index < -0.39 is 0 Å². The molecule has 1 saturated heterocycles. The largest absolute Gasteiger partial charge is 0.353 e. The lowest BCUT2D eigenvalue weighted by Crippen LogP contribution is -2.27. The number of nitrogens with one attached hydrogen (secondary N) is 2. The Bertz CT molecular complexity index is 795. The number of nitrogens with zero attached hydrogens (tertiary/aromatic N) is 1. The third kappa shape index (κ3) is 2.44. The molecule has 0 atom stereocenters. The van der Waals surface area contributed by atoms with Crippen molar-refractivity contribution in [1.29, 1.82) is 0 Å². The molecule has 23 heavy (non-hydrogen) atoms. The van der Waals surface area contributed by atoms with Crippen molar-refractivity contribution in [1.82, 2.24) is 4.90 Å². The highest BCUT2D eigenvalue weighted by molar-refractivity contribution is 6.12. The van der Waals surface area contributed by atoms with Crippen LogP contribution in [0.4, 0.5) is 17.1 Å². The first-order valence-electron chi connectivity index (χ1n) is 7.83. The molecule has 0 aliphatic carbocycles. The molecule has 5 nitrogen and oxygen atoms in total. The predicted octanol–water partition coefficient (Wildman–Crippen LogP) is 3.23. The minimum absolute atomic E-state index is 0.0290. The van der Waals surface area contributed by atoms with Crippen molar-refractivity contribution in [2.45, 2.75) is 12.8 Å². The van der Waals surface area contributed by atoms with Crippen molar-refractivity contribution >= 4 is 28.9 Å². The normalized spacial score (nSPS) is 16.0. The van der Waals surface area contributed by atoms with Crippen molar-refractivity contribution < 1.29 is 9.59 Å². The molecule has 2 heterocycles. The van der Waals surface area contributed by atoms with E-state index in [1.807, 2.05) is 35.2 Å². The Labute approximate surface area is 134 Å². The van der Waals surface area contributed by atoms with Gasteiger partial charge in [-0.15, -0.1) is 0 Å². The summed E-state index contributed by atoms with van der Waals surface area (Å²) in [5.41, 5.74) is 3.40. The van der Waals surface area contributed by atoms with Gasteiger partial charge in [-0.3, -0.25) is 9.59 Å². The van der Waals surface area contributed by atoms with Gasteiger partial charge in [-0.1, -0.05) is 12.1 Å². The molecule has 0 bridgehead atoms. The lowest BCUT2D eigenvalue weighted by Gasteiger charge is -2.16. The Morgan fingerprint density at radius 3 is 2.52 bits per heavy atom. The fourth-order valence-corrected chi connectivity index (χ4v) is 3.12. The van der Waals surface area contributed by atoms with E-state index in [0.717, 1.165) is 37.3 Å². The maximum atomic E-state index is 12.5. The van der Waals surface area contributed by atoms with E-state index in [1.165, 1.54) is 0 Å². The van der Waals surface area contributed by atoms with Gasteiger partial charge in [0.1, 0.15) is 0 Å². The molecule has 0 aromatic heterocycles. The third-order valence-electron chi connectivity index (χ3n) is 4.35. The number of amides is 2. The van der Waals surface area contributed by atoms with Crippen LogP contribution >= 0.6 is 0 Å². The van der Waals surface area contributed by atoms with Gasteiger partial charge < -0.3 is 15.5 Å². The number of carbonyl (C=O) groups excluding carboxylic acids is 2. The highest BCUT2D eigenvalue weighted by Crippen LogP contribution is 2.32. The topological polar surface area (TPSA) is 61.4 Å². The van der Waals surface area contributed by atoms with Crippen LogP contribution in [0.5, 0.6) is 0 Å². The van der Waals surface area contributed by atoms with Crippen LogP contribution in [0.3, 0.4) is 0 Å². The minimum atomic E-state index is -0.169. The molecule has 2 amide bonds. The van der Waals surface area contributed by atoms with Crippen LogP contribution in [0.15, 0.2) is 42.5 Å². The monoisotopic (exact) mass is 307 g/mol. The Kier molecular flexibility index (Phi) is 3.26. The molecule has 0 unspecified atom stereocenters. The van der Waals surface area contributed by atoms with Gasteiger partial charge in [-0.05, 0) is 43.2 Å². The Balaban J connectivity index is 1.69. The summed E-state index contributed by atoms with van der Waals surface area (Å²) in [4.78, 5) is 26.7. The average molecular weight is 307 g/mol. The number of hydrogen-bond acceptors (Lipinski definition) is 3. The zero-order valence-corrected chi connectivity index (χ0v) is 12.6. The third-order valence-corrected chi connectivity index (χ3v) is 4.35. The molecular weight excluding hydrogens is 290 g/mol. The number of carbonyl (C=O) groups is 2. The molecule has 0 radical (unpaired) electrons. The van der Waals surface area contributed by atoms with Crippen molar-refractivity contribution in [3.05, 3.63) is 53.6 Å². The van der Waals surface area contributed by atoms with Crippen molar-refractivity contribution in [2.75, 3.05) is 23.7 Å². The van der Waals surface area contributed by atoms with E-state index in [2.05, 4.69) is 10.6 Å². The highest BCUT2D eigenvalue weighted by atomic mass is 16.2. The molecule has 0 saturated carbocycles. The fraction of sp³-hybridized carbons (Fsp3) is 0.222. The number of anilines is 3. The average Bonchev–Trinajstić information content (AvgIpc) is 3.06. The Hall–Kier alpha value is -2.82. The van der Waals surface area contributed by atoms with Gasteiger partial charge in [-0.2, -0.15) is 0 Å². The fourth-order valence-electron chi connectivity index (χ4n) is 3.12. The molecule has 2 aromatic carbocycles. The van der Waals surface area contributed by atoms with Gasteiger partial charge in [0.25, 0.3) is 11.8 Å². The first kappa shape index (κ1) is 13.8. The van der Waals surface area contributed by atoms with Crippen molar-refractivity contribution in [3.63, 3.8) is 0 Å². The van der Waals surface area contributed by atoms with Crippen LogP contribution in [-0.4, -0.2) is 29.8 Å². The maximum Gasteiger partial charge on any atom is 0.257 e. The second-order valence-electron chi connectivity index (χ2n) is 5.88. The van der Waals surface area contributed by atoms with Crippen molar-refractivity contribution in [2.24, 2.45) is 0 Å². The summed E-state index contributed by atoms with van der Waals surface area (Å²) in [6.45, 7) is 1.62. The molecule has 0 spiro atoms. The van der Waals surface area contributed by atoms with Gasteiger partial charge in [0.05, 0.1) is 22.6 Å². The first-order valence-corrected chi connectivity index (χ1v) is 7.83. The van der Waals surface area contributed by atoms with Gasteiger partial charge >= 0.3 is 0 Å². The summed E-state index contributed by atoms with van der Waals surface area (Å²) in [6.07, 6.45) is 2.12. The van der Waals surface area contributed by atoms with Crippen LogP contribution in [0.25, 0.3) is 0 Å². The van der Waals surface area contributed by atoms with Crippen molar-refractivity contribution in [3.8, 4) is 0 Å². The van der Waals surface area contributed by atoms with E-state index >= 15 is 0 Å². The van der Waals surface area contributed by atoms with E-state index in [4.69, 9.17) is 0 Å². The lowest BCUT2D eigenvalue weighted by molar-refractivity contribution is 0.0792. The SMILES string of the molecule is O=C1Nc2cc(C(=O)N3CCCC3)ccc2Nc2ccccc21. The zero-order valence-electron chi connectivity index (χ0n) is 12.6. The van der Waals surface area contributed by atoms with Crippen LogP contribution < -0.4 is 10.6 Å². The van der Waals surface area contributed by atoms with Crippen LogP contribution in [0, 0.1) is 0 Å². The summed E-state index contributed by atoms with van der Waals surface area (Å²) in [5, 5.41) is 6.15. The van der Waals surface area contributed by atoms with Gasteiger partial charge in [-0.25, -0.2) is 0 Å². The lowest BCUT2D eigenvalue weighted by atomic mass is 10.1. The molecule has 1 fully saturated rings. The smallest absolute Gasteiger partial charge is 0.257 e.